The van der Waals surface area contributed by atoms with Crippen molar-refractivity contribution >= 4 is 28.4 Å². The van der Waals surface area contributed by atoms with Crippen LogP contribution in [0.1, 0.15) is 36.2 Å². The molecule has 0 spiro atoms. The Morgan fingerprint density at radius 3 is 2.81 bits per heavy atom. The lowest BCUT2D eigenvalue weighted by Crippen LogP contribution is -2.31. The van der Waals surface area contributed by atoms with Gasteiger partial charge in [0.1, 0.15) is 5.69 Å². The van der Waals surface area contributed by atoms with Crippen LogP contribution in [-0.2, 0) is 0 Å². The number of para-hydroxylation sites is 1. The molecule has 0 unspecified atom stereocenters. The maximum atomic E-state index is 12.5. The predicted octanol–water partition coefficient (Wildman–Crippen LogP) is 4.15. The predicted molar refractivity (Wildman–Crippen MR) is 85.7 cm³/mol. The number of halogens is 1. The Kier molecular flexibility index (Phi) is 4.11. The minimum absolute atomic E-state index is 0.0467. The number of fused-ring (bicyclic) bond motifs is 1. The van der Waals surface area contributed by atoms with E-state index in [1.165, 1.54) is 25.7 Å². The van der Waals surface area contributed by atoms with Gasteiger partial charge < -0.3 is 4.90 Å². The number of pyridine rings is 1. The van der Waals surface area contributed by atoms with Crippen LogP contribution < -0.4 is 0 Å². The van der Waals surface area contributed by atoms with Crippen LogP contribution in [0.3, 0.4) is 0 Å². The number of carbonyl (C=O) groups is 1. The fraction of sp³-hybridized carbons (Fsp3) is 0.412. The van der Waals surface area contributed by atoms with Crippen molar-refractivity contribution in [2.24, 2.45) is 5.92 Å². The van der Waals surface area contributed by atoms with Crippen LogP contribution in [0, 0.1) is 5.92 Å². The zero-order valence-corrected chi connectivity index (χ0v) is 12.9. The van der Waals surface area contributed by atoms with Crippen LogP contribution >= 0.6 is 11.6 Å². The minimum Gasteiger partial charge on any atom is -0.340 e. The van der Waals surface area contributed by atoms with Crippen molar-refractivity contribution in [3.8, 4) is 0 Å². The van der Waals surface area contributed by atoms with E-state index in [-0.39, 0.29) is 5.91 Å². The summed E-state index contributed by atoms with van der Waals surface area (Å²) >= 11 is 6.27. The van der Waals surface area contributed by atoms with Gasteiger partial charge in [-0.3, -0.25) is 4.79 Å². The molecule has 0 aliphatic heterocycles. The summed E-state index contributed by atoms with van der Waals surface area (Å²) in [5, 5.41) is 1.47. The van der Waals surface area contributed by atoms with E-state index in [2.05, 4.69) is 4.98 Å². The second-order valence-corrected chi connectivity index (χ2v) is 6.25. The SMILES string of the molecule is CN(CC1CCCC1)C(=O)c1cc(Cl)c2ccccc2n1. The van der Waals surface area contributed by atoms with Gasteiger partial charge in [0.05, 0.1) is 10.5 Å². The van der Waals surface area contributed by atoms with Gasteiger partial charge in [0.15, 0.2) is 0 Å². The molecular formula is C17H19ClN2O. The molecule has 21 heavy (non-hydrogen) atoms. The molecule has 3 rings (SSSR count). The molecule has 0 radical (unpaired) electrons. The molecule has 1 aromatic heterocycles. The molecule has 1 aliphatic carbocycles. The van der Waals surface area contributed by atoms with Gasteiger partial charge in [-0.05, 0) is 30.9 Å². The summed E-state index contributed by atoms with van der Waals surface area (Å²) in [6.45, 7) is 0.810. The van der Waals surface area contributed by atoms with Crippen molar-refractivity contribution in [1.29, 1.82) is 0 Å². The van der Waals surface area contributed by atoms with E-state index in [1.54, 1.807) is 11.0 Å². The molecule has 110 valence electrons. The van der Waals surface area contributed by atoms with Gasteiger partial charge in [0.2, 0.25) is 0 Å². The van der Waals surface area contributed by atoms with Gasteiger partial charge in [-0.15, -0.1) is 0 Å². The third-order valence-electron chi connectivity index (χ3n) is 4.24. The Hall–Kier alpha value is -1.61. The lowest BCUT2D eigenvalue weighted by molar-refractivity contribution is 0.0768. The number of hydrogen-bond acceptors (Lipinski definition) is 2. The Morgan fingerprint density at radius 1 is 1.33 bits per heavy atom. The average Bonchev–Trinajstić information content (AvgIpc) is 2.99. The van der Waals surface area contributed by atoms with E-state index >= 15 is 0 Å². The van der Waals surface area contributed by atoms with Gasteiger partial charge >= 0.3 is 0 Å². The van der Waals surface area contributed by atoms with Crippen LogP contribution in [0.4, 0.5) is 0 Å². The first-order valence-corrected chi connectivity index (χ1v) is 7.83. The topological polar surface area (TPSA) is 33.2 Å². The molecule has 1 amide bonds. The van der Waals surface area contributed by atoms with E-state index in [9.17, 15) is 4.79 Å². The quantitative estimate of drug-likeness (QED) is 0.853. The van der Waals surface area contributed by atoms with Gasteiger partial charge in [-0.2, -0.15) is 0 Å². The first-order chi connectivity index (χ1) is 10.1. The Labute approximate surface area is 129 Å². The summed E-state index contributed by atoms with van der Waals surface area (Å²) in [6.07, 6.45) is 5.02. The van der Waals surface area contributed by atoms with Gasteiger partial charge in [-0.25, -0.2) is 4.98 Å². The third kappa shape index (κ3) is 3.03. The highest BCUT2D eigenvalue weighted by molar-refractivity contribution is 6.35. The Balaban J connectivity index is 1.83. The first-order valence-electron chi connectivity index (χ1n) is 7.46. The van der Waals surface area contributed by atoms with Crippen molar-refractivity contribution in [2.75, 3.05) is 13.6 Å². The number of aromatic nitrogens is 1. The maximum Gasteiger partial charge on any atom is 0.272 e. The van der Waals surface area contributed by atoms with Crippen LogP contribution in [-0.4, -0.2) is 29.4 Å². The van der Waals surface area contributed by atoms with Gasteiger partial charge in [0.25, 0.3) is 5.91 Å². The van der Waals surface area contributed by atoms with Crippen molar-refractivity contribution in [3.05, 3.63) is 41.0 Å². The Morgan fingerprint density at radius 2 is 2.05 bits per heavy atom. The second-order valence-electron chi connectivity index (χ2n) is 5.84. The molecule has 1 fully saturated rings. The second kappa shape index (κ2) is 6.02. The molecule has 0 saturated heterocycles. The van der Waals surface area contributed by atoms with Crippen molar-refractivity contribution in [1.82, 2.24) is 9.88 Å². The number of benzene rings is 1. The number of carbonyl (C=O) groups excluding carboxylic acids is 1. The van der Waals surface area contributed by atoms with Gasteiger partial charge in [-0.1, -0.05) is 42.6 Å². The van der Waals surface area contributed by atoms with Gasteiger partial charge in [0, 0.05) is 19.0 Å². The molecule has 1 heterocycles. The molecule has 3 nitrogen and oxygen atoms in total. The average molecular weight is 303 g/mol. The summed E-state index contributed by atoms with van der Waals surface area (Å²) in [7, 11) is 1.85. The normalized spacial score (nSPS) is 15.5. The largest absolute Gasteiger partial charge is 0.340 e. The molecule has 4 heteroatoms. The Bertz CT molecular complexity index is 665. The molecular weight excluding hydrogens is 284 g/mol. The highest BCUT2D eigenvalue weighted by Gasteiger charge is 2.21. The molecule has 0 atom stereocenters. The van der Waals surface area contributed by atoms with Crippen molar-refractivity contribution in [3.63, 3.8) is 0 Å². The minimum atomic E-state index is -0.0467. The lowest BCUT2D eigenvalue weighted by Gasteiger charge is -2.21. The number of rotatable bonds is 3. The monoisotopic (exact) mass is 302 g/mol. The summed E-state index contributed by atoms with van der Waals surface area (Å²) in [4.78, 5) is 18.8. The fourth-order valence-corrected chi connectivity index (χ4v) is 3.36. The summed E-state index contributed by atoms with van der Waals surface area (Å²) < 4.78 is 0. The third-order valence-corrected chi connectivity index (χ3v) is 4.55. The van der Waals surface area contributed by atoms with Crippen molar-refractivity contribution < 1.29 is 4.79 Å². The molecule has 0 N–H and O–H groups in total. The van der Waals surface area contributed by atoms with E-state index in [4.69, 9.17) is 11.6 Å². The molecule has 1 aromatic carbocycles. The van der Waals surface area contributed by atoms with E-state index in [0.717, 1.165) is 17.4 Å². The molecule has 0 bridgehead atoms. The van der Waals surface area contributed by atoms with Crippen molar-refractivity contribution in [2.45, 2.75) is 25.7 Å². The van der Waals surface area contributed by atoms with E-state index < -0.39 is 0 Å². The number of hydrogen-bond donors (Lipinski definition) is 0. The zero-order chi connectivity index (χ0) is 14.8. The zero-order valence-electron chi connectivity index (χ0n) is 12.2. The summed E-state index contributed by atoms with van der Waals surface area (Å²) in [6, 6.07) is 9.30. The van der Waals surface area contributed by atoms with E-state index in [1.807, 2.05) is 31.3 Å². The molecule has 1 aliphatic rings. The van der Waals surface area contributed by atoms with Crippen LogP contribution in [0.25, 0.3) is 10.9 Å². The highest BCUT2D eigenvalue weighted by Crippen LogP contribution is 2.26. The summed E-state index contributed by atoms with van der Waals surface area (Å²) in [5.41, 5.74) is 1.20. The van der Waals surface area contributed by atoms with E-state index in [0.29, 0.717) is 16.6 Å². The number of nitrogens with zero attached hydrogens (tertiary/aromatic N) is 2. The van der Waals surface area contributed by atoms with Crippen LogP contribution in [0.2, 0.25) is 5.02 Å². The summed E-state index contributed by atoms with van der Waals surface area (Å²) in [5.74, 6) is 0.587. The first kappa shape index (κ1) is 14.3. The smallest absolute Gasteiger partial charge is 0.272 e. The fourth-order valence-electron chi connectivity index (χ4n) is 3.10. The molecule has 2 aromatic rings. The van der Waals surface area contributed by atoms with Crippen LogP contribution in [0.15, 0.2) is 30.3 Å². The molecule has 1 saturated carbocycles. The maximum absolute atomic E-state index is 12.5. The lowest BCUT2D eigenvalue weighted by atomic mass is 10.1. The number of amides is 1. The standard InChI is InChI=1S/C17H19ClN2O/c1-20(11-12-6-2-3-7-12)17(21)16-10-14(18)13-8-4-5-9-15(13)19-16/h4-5,8-10,12H,2-3,6-7,11H2,1H3. The highest BCUT2D eigenvalue weighted by atomic mass is 35.5. The van der Waals surface area contributed by atoms with Crippen LogP contribution in [0.5, 0.6) is 0 Å².